The maximum atomic E-state index is 12.7. The Bertz CT molecular complexity index is 780. The smallest absolute Gasteiger partial charge is 0.242 e. The molecule has 0 spiro atoms. The Morgan fingerprint density at radius 2 is 1.88 bits per heavy atom. The highest BCUT2D eigenvalue weighted by atomic mass is 32.2. The Morgan fingerprint density at radius 3 is 2.58 bits per heavy atom. The average molecular weight is 372 g/mol. The quantitative estimate of drug-likeness (QED) is 0.766. The van der Waals surface area contributed by atoms with Crippen molar-refractivity contribution in [2.45, 2.75) is 33.7 Å². The van der Waals surface area contributed by atoms with Gasteiger partial charge in [-0.05, 0) is 17.5 Å². The minimum atomic E-state index is -0.508. The van der Waals surface area contributed by atoms with Crippen LogP contribution in [-0.2, 0) is 27.3 Å². The van der Waals surface area contributed by atoms with Gasteiger partial charge in [-0.15, -0.1) is 0 Å². The summed E-state index contributed by atoms with van der Waals surface area (Å²) >= 11 is 1.33. The second kappa shape index (κ2) is 7.27. The number of nitrogens with zero attached hydrogens (tertiary/aromatic N) is 2. The lowest BCUT2D eigenvalue weighted by Gasteiger charge is -2.30. The molecule has 0 atom stereocenters. The van der Waals surface area contributed by atoms with Gasteiger partial charge in [-0.3, -0.25) is 19.3 Å². The van der Waals surface area contributed by atoms with E-state index in [1.165, 1.54) is 28.3 Å². The summed E-state index contributed by atoms with van der Waals surface area (Å²) in [7, 11) is 0. The van der Waals surface area contributed by atoms with Crippen LogP contribution in [0.25, 0.3) is 0 Å². The molecule has 1 aromatic rings. The molecule has 0 N–H and O–H groups in total. The highest BCUT2D eigenvalue weighted by Gasteiger charge is 2.32. The monoisotopic (exact) mass is 372 g/mol. The minimum Gasteiger partial charge on any atom is -0.336 e. The number of ketones is 1. The Kier molecular flexibility index (Phi) is 5.23. The number of hydrogen-bond acceptors (Lipinski definition) is 4. The molecule has 0 saturated carbocycles. The number of carbonyl (C=O) groups excluding carboxylic acids is 3. The van der Waals surface area contributed by atoms with Gasteiger partial charge in [-0.2, -0.15) is 0 Å². The van der Waals surface area contributed by atoms with E-state index in [9.17, 15) is 14.4 Å². The van der Waals surface area contributed by atoms with E-state index in [1.807, 2.05) is 39.0 Å². The fraction of sp³-hybridized carbons (Fsp3) is 0.450. The van der Waals surface area contributed by atoms with Crippen molar-refractivity contribution >= 4 is 29.4 Å². The number of carbonyl (C=O) groups is 3. The van der Waals surface area contributed by atoms with Gasteiger partial charge < -0.3 is 4.90 Å². The number of benzene rings is 1. The van der Waals surface area contributed by atoms with Crippen LogP contribution in [0.3, 0.4) is 0 Å². The number of fused-ring (bicyclic) bond motifs is 1. The van der Waals surface area contributed by atoms with Gasteiger partial charge in [0.2, 0.25) is 11.8 Å². The molecule has 0 bridgehead atoms. The average Bonchev–Trinajstić information content (AvgIpc) is 2.93. The summed E-state index contributed by atoms with van der Waals surface area (Å²) in [5, 5.41) is 0.584. The molecule has 138 valence electrons. The van der Waals surface area contributed by atoms with E-state index >= 15 is 0 Å². The number of hydrogen-bond donors (Lipinski definition) is 0. The molecule has 0 radical (unpaired) electrons. The largest absolute Gasteiger partial charge is 0.336 e. The standard InChI is InChI=1S/C20H24N2O3S/c1-20(2,3)16(23)10-19-22(18(25)13-26-19)12-17(24)21-9-8-14-6-4-5-7-15(14)11-21/h4-7,10H,8-9,11-13H2,1-3H3. The highest BCUT2D eigenvalue weighted by Crippen LogP contribution is 2.30. The predicted molar refractivity (Wildman–Crippen MR) is 102 cm³/mol. The van der Waals surface area contributed by atoms with Gasteiger partial charge in [-0.1, -0.05) is 56.8 Å². The third-order valence-electron chi connectivity index (χ3n) is 4.68. The first-order valence-corrected chi connectivity index (χ1v) is 9.78. The summed E-state index contributed by atoms with van der Waals surface area (Å²) in [5.41, 5.74) is 1.93. The van der Waals surface area contributed by atoms with E-state index in [0.717, 1.165) is 12.0 Å². The van der Waals surface area contributed by atoms with Gasteiger partial charge in [0.15, 0.2) is 5.78 Å². The maximum Gasteiger partial charge on any atom is 0.242 e. The van der Waals surface area contributed by atoms with Crippen LogP contribution in [0.4, 0.5) is 0 Å². The van der Waals surface area contributed by atoms with Crippen molar-refractivity contribution in [3.8, 4) is 0 Å². The third kappa shape index (κ3) is 4.01. The van der Waals surface area contributed by atoms with Crippen molar-refractivity contribution in [3.63, 3.8) is 0 Å². The number of allylic oxidation sites excluding steroid dienone is 1. The van der Waals surface area contributed by atoms with E-state index in [-0.39, 0.29) is 29.9 Å². The molecule has 2 aliphatic rings. The van der Waals surface area contributed by atoms with Gasteiger partial charge in [0.25, 0.3) is 0 Å². The van der Waals surface area contributed by atoms with Crippen LogP contribution in [0, 0.1) is 5.41 Å². The summed E-state index contributed by atoms with van der Waals surface area (Å²) in [6, 6.07) is 8.13. The zero-order chi connectivity index (χ0) is 18.9. The van der Waals surface area contributed by atoms with E-state index in [1.54, 1.807) is 4.90 Å². The van der Waals surface area contributed by atoms with Gasteiger partial charge in [-0.25, -0.2) is 0 Å². The fourth-order valence-corrected chi connectivity index (χ4v) is 3.91. The molecule has 3 rings (SSSR count). The summed E-state index contributed by atoms with van der Waals surface area (Å²) in [5.74, 6) is 0.0385. The van der Waals surface area contributed by atoms with Gasteiger partial charge >= 0.3 is 0 Å². The molecule has 0 aromatic heterocycles. The second-order valence-electron chi connectivity index (χ2n) is 7.70. The predicted octanol–water partition coefficient (Wildman–Crippen LogP) is 2.60. The molecule has 1 saturated heterocycles. The lowest BCUT2D eigenvalue weighted by atomic mass is 9.91. The van der Waals surface area contributed by atoms with Crippen molar-refractivity contribution in [2.24, 2.45) is 5.41 Å². The Balaban J connectivity index is 1.71. The first-order chi connectivity index (χ1) is 12.3. The topological polar surface area (TPSA) is 57.7 Å². The second-order valence-corrected chi connectivity index (χ2v) is 8.70. The lowest BCUT2D eigenvalue weighted by molar-refractivity contribution is -0.137. The van der Waals surface area contributed by atoms with Crippen molar-refractivity contribution in [2.75, 3.05) is 18.8 Å². The van der Waals surface area contributed by atoms with Crippen LogP contribution in [0.2, 0.25) is 0 Å². The zero-order valence-electron chi connectivity index (χ0n) is 15.4. The van der Waals surface area contributed by atoms with Crippen LogP contribution < -0.4 is 0 Å². The Morgan fingerprint density at radius 1 is 1.19 bits per heavy atom. The third-order valence-corrected chi connectivity index (χ3v) is 5.71. The molecule has 6 heteroatoms. The molecular formula is C20H24N2O3S. The van der Waals surface area contributed by atoms with Crippen molar-refractivity contribution in [1.29, 1.82) is 0 Å². The zero-order valence-corrected chi connectivity index (χ0v) is 16.3. The molecule has 2 heterocycles. The minimum absolute atomic E-state index is 0.00272. The molecular weight excluding hydrogens is 348 g/mol. The molecule has 0 aliphatic carbocycles. The van der Waals surface area contributed by atoms with E-state index in [4.69, 9.17) is 0 Å². The summed E-state index contributed by atoms with van der Waals surface area (Å²) < 4.78 is 0. The molecule has 1 aromatic carbocycles. The number of amides is 2. The molecule has 5 nitrogen and oxygen atoms in total. The molecule has 26 heavy (non-hydrogen) atoms. The first-order valence-electron chi connectivity index (χ1n) is 8.79. The number of thioether (sulfide) groups is 1. The van der Waals surface area contributed by atoms with Crippen molar-refractivity contribution < 1.29 is 14.4 Å². The van der Waals surface area contributed by atoms with Crippen LogP contribution >= 0.6 is 11.8 Å². The highest BCUT2D eigenvalue weighted by molar-refractivity contribution is 8.04. The molecule has 2 aliphatic heterocycles. The molecule has 1 fully saturated rings. The van der Waals surface area contributed by atoms with Crippen LogP contribution in [0.5, 0.6) is 0 Å². The fourth-order valence-electron chi connectivity index (χ4n) is 2.97. The SMILES string of the molecule is CC(C)(C)C(=O)C=C1SCC(=O)N1CC(=O)N1CCc2ccccc2C1. The van der Waals surface area contributed by atoms with Crippen molar-refractivity contribution in [1.82, 2.24) is 9.80 Å². The van der Waals surface area contributed by atoms with Gasteiger partial charge in [0.05, 0.1) is 10.8 Å². The van der Waals surface area contributed by atoms with E-state index in [2.05, 4.69) is 6.07 Å². The Labute approximate surface area is 158 Å². The van der Waals surface area contributed by atoms with Crippen molar-refractivity contribution in [3.05, 3.63) is 46.5 Å². The summed E-state index contributed by atoms with van der Waals surface area (Å²) in [6.07, 6.45) is 2.34. The van der Waals surface area contributed by atoms with E-state index < -0.39 is 5.41 Å². The number of rotatable bonds is 3. The van der Waals surface area contributed by atoms with Gasteiger partial charge in [0, 0.05) is 24.6 Å². The van der Waals surface area contributed by atoms with Crippen LogP contribution in [0.15, 0.2) is 35.4 Å². The molecule has 2 amide bonds. The molecule has 0 unspecified atom stereocenters. The van der Waals surface area contributed by atoms with Gasteiger partial charge in [0.1, 0.15) is 6.54 Å². The normalized spacial score (nSPS) is 19.0. The first kappa shape index (κ1) is 18.7. The van der Waals surface area contributed by atoms with Crippen LogP contribution in [0.1, 0.15) is 31.9 Å². The van der Waals surface area contributed by atoms with Crippen LogP contribution in [-0.4, -0.2) is 46.2 Å². The summed E-state index contributed by atoms with van der Waals surface area (Å²) in [6.45, 7) is 6.75. The van der Waals surface area contributed by atoms with E-state index in [0.29, 0.717) is 18.1 Å². The lowest BCUT2D eigenvalue weighted by Crippen LogP contribution is -2.43. The Hall–Kier alpha value is -2.08. The summed E-state index contributed by atoms with van der Waals surface area (Å²) in [4.78, 5) is 40.5. The maximum absolute atomic E-state index is 12.7.